The highest BCUT2D eigenvalue weighted by Gasteiger charge is 2.24. The topological polar surface area (TPSA) is 70.6 Å². The molecule has 1 atom stereocenters. The first kappa shape index (κ1) is 18.2. The molecule has 0 aliphatic heterocycles. The molecule has 1 aromatic rings. The van der Waals surface area contributed by atoms with Crippen molar-refractivity contribution in [2.45, 2.75) is 18.9 Å². The maximum atomic E-state index is 12.0. The van der Waals surface area contributed by atoms with Crippen molar-refractivity contribution in [1.82, 2.24) is 5.32 Å². The first-order valence-electron chi connectivity index (χ1n) is 6.50. The van der Waals surface area contributed by atoms with Gasteiger partial charge in [0.2, 0.25) is 5.91 Å². The molecule has 7 heteroatoms. The number of aliphatic hydroxyl groups excluding tert-OH is 1. The predicted molar refractivity (Wildman–Crippen MR) is 85.1 cm³/mol. The largest absolute Gasteiger partial charge is 0.396 e. The molecule has 1 rings (SSSR count). The average Bonchev–Trinajstić information content (AvgIpc) is 2.42. The Morgan fingerprint density at radius 2 is 2.14 bits per heavy atom. The minimum absolute atomic E-state index is 0.00853. The van der Waals surface area contributed by atoms with Gasteiger partial charge in [0.25, 0.3) is 0 Å². The van der Waals surface area contributed by atoms with Gasteiger partial charge in [0, 0.05) is 19.3 Å². The Kier molecular flexibility index (Phi) is 7.42. The van der Waals surface area contributed by atoms with E-state index in [1.165, 1.54) is 0 Å². The number of rotatable bonds is 8. The maximum Gasteiger partial charge on any atom is 0.238 e. The fraction of sp³-hybridized carbons (Fsp3) is 0.500. The molecule has 0 fully saturated rings. The first-order chi connectivity index (χ1) is 9.91. The number of carbonyl (C=O) groups is 1. The number of benzene rings is 1. The van der Waals surface area contributed by atoms with Crippen LogP contribution >= 0.6 is 23.2 Å². The summed E-state index contributed by atoms with van der Waals surface area (Å²) in [5.41, 5.74) is -0.00883. The summed E-state index contributed by atoms with van der Waals surface area (Å²) in [5.74, 6) is -0.251. The zero-order valence-corrected chi connectivity index (χ0v) is 13.6. The zero-order chi connectivity index (χ0) is 15.9. The van der Waals surface area contributed by atoms with Crippen molar-refractivity contribution in [1.29, 1.82) is 0 Å². The lowest BCUT2D eigenvalue weighted by Crippen LogP contribution is -2.49. The molecule has 0 heterocycles. The molecule has 0 saturated heterocycles. The van der Waals surface area contributed by atoms with E-state index in [0.29, 0.717) is 28.8 Å². The van der Waals surface area contributed by atoms with Crippen LogP contribution in [0.25, 0.3) is 0 Å². The molecule has 0 saturated carbocycles. The summed E-state index contributed by atoms with van der Waals surface area (Å²) >= 11 is 11.9. The molecule has 3 N–H and O–H groups in total. The van der Waals surface area contributed by atoms with Crippen molar-refractivity contribution in [2.75, 3.05) is 32.2 Å². The predicted octanol–water partition coefficient (Wildman–Crippen LogP) is 2.31. The Bertz CT molecular complexity index is 477. The second kappa shape index (κ2) is 8.56. The molecule has 21 heavy (non-hydrogen) atoms. The van der Waals surface area contributed by atoms with Gasteiger partial charge in [0.05, 0.1) is 28.9 Å². The Morgan fingerprint density at radius 1 is 1.43 bits per heavy atom. The maximum absolute atomic E-state index is 12.0. The van der Waals surface area contributed by atoms with Crippen LogP contribution in [0, 0.1) is 0 Å². The summed E-state index contributed by atoms with van der Waals surface area (Å²) in [4.78, 5) is 12.0. The van der Waals surface area contributed by atoms with E-state index in [-0.39, 0.29) is 19.1 Å². The molecule has 0 aliphatic rings. The SMILES string of the molecule is COCC(C)(CCO)NCC(=O)Nc1cccc(Cl)c1Cl. The Balaban J connectivity index is 2.59. The molecular formula is C14H20Cl2N2O3. The van der Waals surface area contributed by atoms with Crippen molar-refractivity contribution in [3.8, 4) is 0 Å². The molecule has 0 radical (unpaired) electrons. The van der Waals surface area contributed by atoms with E-state index in [4.69, 9.17) is 33.0 Å². The highest BCUT2D eigenvalue weighted by Crippen LogP contribution is 2.29. The molecular weight excluding hydrogens is 315 g/mol. The van der Waals surface area contributed by atoms with Crippen LogP contribution in [0.1, 0.15) is 13.3 Å². The summed E-state index contributed by atoms with van der Waals surface area (Å²) < 4.78 is 5.10. The van der Waals surface area contributed by atoms with Gasteiger partial charge >= 0.3 is 0 Å². The number of methoxy groups -OCH3 is 1. The van der Waals surface area contributed by atoms with E-state index in [1.54, 1.807) is 25.3 Å². The van der Waals surface area contributed by atoms with Crippen LogP contribution in [0.5, 0.6) is 0 Å². The summed E-state index contributed by atoms with van der Waals surface area (Å²) in [5, 5.41) is 15.5. The minimum Gasteiger partial charge on any atom is -0.396 e. The third kappa shape index (κ3) is 5.80. The van der Waals surface area contributed by atoms with Gasteiger partial charge in [-0.3, -0.25) is 4.79 Å². The molecule has 0 aliphatic carbocycles. The van der Waals surface area contributed by atoms with Crippen molar-refractivity contribution < 1.29 is 14.6 Å². The standard InChI is InChI=1S/C14H20Cl2N2O3/c1-14(6-7-19,9-21-2)17-8-12(20)18-11-5-3-4-10(15)13(11)16/h3-5,17,19H,6-9H2,1-2H3,(H,18,20). The van der Waals surface area contributed by atoms with E-state index >= 15 is 0 Å². The van der Waals surface area contributed by atoms with Gasteiger partial charge in [-0.1, -0.05) is 29.3 Å². The molecule has 0 spiro atoms. The Hall–Kier alpha value is -0.850. The van der Waals surface area contributed by atoms with Gasteiger partial charge in [0.15, 0.2) is 0 Å². The van der Waals surface area contributed by atoms with E-state index in [1.807, 2.05) is 6.92 Å². The molecule has 1 amide bonds. The van der Waals surface area contributed by atoms with Gasteiger partial charge in [-0.05, 0) is 25.5 Å². The number of anilines is 1. The quantitative estimate of drug-likeness (QED) is 0.682. The third-order valence-electron chi connectivity index (χ3n) is 3.03. The average molecular weight is 335 g/mol. The highest BCUT2D eigenvalue weighted by atomic mass is 35.5. The van der Waals surface area contributed by atoms with Crippen LogP contribution in [0.15, 0.2) is 18.2 Å². The summed E-state index contributed by atoms with van der Waals surface area (Å²) in [6.07, 6.45) is 0.478. The number of hydrogen-bond acceptors (Lipinski definition) is 4. The zero-order valence-electron chi connectivity index (χ0n) is 12.1. The van der Waals surface area contributed by atoms with Crippen LogP contribution in [0.4, 0.5) is 5.69 Å². The molecule has 0 aromatic heterocycles. The van der Waals surface area contributed by atoms with E-state index in [9.17, 15) is 4.79 Å². The van der Waals surface area contributed by atoms with Gasteiger partial charge in [-0.25, -0.2) is 0 Å². The van der Waals surface area contributed by atoms with Crippen molar-refractivity contribution in [2.24, 2.45) is 0 Å². The van der Waals surface area contributed by atoms with Crippen LogP contribution in [-0.2, 0) is 9.53 Å². The van der Waals surface area contributed by atoms with Crippen LogP contribution in [0.3, 0.4) is 0 Å². The lowest BCUT2D eigenvalue weighted by atomic mass is 9.99. The number of halogens is 2. The minimum atomic E-state index is -0.473. The molecule has 0 bridgehead atoms. The monoisotopic (exact) mass is 334 g/mol. The van der Waals surface area contributed by atoms with Crippen molar-refractivity contribution in [3.63, 3.8) is 0 Å². The van der Waals surface area contributed by atoms with E-state index in [2.05, 4.69) is 10.6 Å². The number of nitrogens with one attached hydrogen (secondary N) is 2. The summed E-state index contributed by atoms with van der Waals surface area (Å²) in [7, 11) is 1.57. The highest BCUT2D eigenvalue weighted by molar-refractivity contribution is 6.43. The van der Waals surface area contributed by atoms with Gasteiger partial charge in [0.1, 0.15) is 0 Å². The van der Waals surface area contributed by atoms with Gasteiger partial charge in [-0.15, -0.1) is 0 Å². The second-order valence-corrected chi connectivity index (χ2v) is 5.76. The van der Waals surface area contributed by atoms with E-state index < -0.39 is 5.54 Å². The van der Waals surface area contributed by atoms with Crippen LogP contribution in [-0.4, -0.2) is 43.4 Å². The molecule has 1 unspecified atom stereocenters. The van der Waals surface area contributed by atoms with Gasteiger partial charge in [-0.2, -0.15) is 0 Å². The van der Waals surface area contributed by atoms with Gasteiger partial charge < -0.3 is 20.5 Å². The first-order valence-corrected chi connectivity index (χ1v) is 7.26. The summed E-state index contributed by atoms with van der Waals surface area (Å²) in [6.45, 7) is 2.35. The third-order valence-corrected chi connectivity index (χ3v) is 3.85. The Morgan fingerprint density at radius 3 is 2.76 bits per heavy atom. The van der Waals surface area contributed by atoms with E-state index in [0.717, 1.165) is 0 Å². The smallest absolute Gasteiger partial charge is 0.238 e. The summed E-state index contributed by atoms with van der Waals surface area (Å²) in [6, 6.07) is 5.03. The lowest BCUT2D eigenvalue weighted by Gasteiger charge is -2.29. The number of ether oxygens (including phenoxy) is 1. The van der Waals surface area contributed by atoms with Crippen molar-refractivity contribution >= 4 is 34.8 Å². The van der Waals surface area contributed by atoms with Crippen LogP contribution < -0.4 is 10.6 Å². The second-order valence-electron chi connectivity index (χ2n) is 4.97. The lowest BCUT2D eigenvalue weighted by molar-refractivity contribution is -0.115. The van der Waals surface area contributed by atoms with Crippen LogP contribution in [0.2, 0.25) is 10.0 Å². The molecule has 1 aromatic carbocycles. The fourth-order valence-electron chi connectivity index (χ4n) is 1.87. The normalized spacial score (nSPS) is 13.8. The number of carbonyl (C=O) groups excluding carboxylic acids is 1. The number of hydrogen-bond donors (Lipinski definition) is 3. The Labute approximate surface area is 134 Å². The molecule has 118 valence electrons. The molecule has 5 nitrogen and oxygen atoms in total. The number of aliphatic hydroxyl groups is 1. The number of amides is 1. The van der Waals surface area contributed by atoms with Crippen molar-refractivity contribution in [3.05, 3.63) is 28.2 Å². The fourth-order valence-corrected chi connectivity index (χ4v) is 2.21.